The molecule has 0 amide bonds. The van der Waals surface area contributed by atoms with Crippen LogP contribution in [0.3, 0.4) is 0 Å². The molecule has 0 atom stereocenters. The third-order valence-electron chi connectivity index (χ3n) is 3.87. The summed E-state index contributed by atoms with van der Waals surface area (Å²) in [7, 11) is 1.98. The average molecular weight is 232 g/mol. The second kappa shape index (κ2) is 3.57. The lowest BCUT2D eigenvalue weighted by molar-refractivity contribution is 0.625. The number of nitrogens with one attached hydrogen (secondary N) is 2. The molecule has 2 nitrogen and oxygen atoms in total. The molecule has 2 N–H and O–H groups in total. The van der Waals surface area contributed by atoms with Crippen LogP contribution in [-0.2, 0) is 5.41 Å². The minimum Gasteiger partial charge on any atom is -0.356 e. The summed E-state index contributed by atoms with van der Waals surface area (Å²) in [6.45, 7) is 3.02. The molecule has 0 bridgehead atoms. The van der Waals surface area contributed by atoms with Crippen LogP contribution in [0.2, 0.25) is 0 Å². The largest absolute Gasteiger partial charge is 0.356 e. The number of likely N-dealkylation sites (N-methyl/N-ethyl adjacent to an activating group) is 1. The van der Waals surface area contributed by atoms with Crippen molar-refractivity contribution in [2.75, 3.05) is 13.6 Å². The summed E-state index contributed by atoms with van der Waals surface area (Å²) >= 11 is 0. The second-order valence-electron chi connectivity index (χ2n) is 5.10. The summed E-state index contributed by atoms with van der Waals surface area (Å²) in [5.74, 6) is -0.155. The molecule has 1 aromatic carbocycles. The van der Waals surface area contributed by atoms with Gasteiger partial charge in [0, 0.05) is 23.0 Å². The van der Waals surface area contributed by atoms with Crippen LogP contribution in [0.1, 0.15) is 24.1 Å². The Hall–Kier alpha value is -1.35. The standard InChI is InChI=1S/C14H17FN2/c1-9-12(14(6-7-14)8-16-2)10-4-3-5-11(15)13(10)17-9/h3-5,16-17H,6-8H2,1-2H3. The van der Waals surface area contributed by atoms with Crippen LogP contribution < -0.4 is 5.32 Å². The Kier molecular flexibility index (Phi) is 2.26. The summed E-state index contributed by atoms with van der Waals surface area (Å²) < 4.78 is 13.7. The van der Waals surface area contributed by atoms with Crippen molar-refractivity contribution in [2.24, 2.45) is 0 Å². The smallest absolute Gasteiger partial charge is 0.147 e. The molecular weight excluding hydrogens is 215 g/mol. The van der Waals surface area contributed by atoms with E-state index in [0.717, 1.165) is 17.6 Å². The number of halogens is 1. The molecule has 3 heteroatoms. The first-order valence-corrected chi connectivity index (χ1v) is 6.10. The fourth-order valence-corrected chi connectivity index (χ4v) is 3.00. The van der Waals surface area contributed by atoms with Gasteiger partial charge in [-0.15, -0.1) is 0 Å². The summed E-state index contributed by atoms with van der Waals surface area (Å²) in [5, 5.41) is 4.31. The number of hydrogen-bond acceptors (Lipinski definition) is 1. The Morgan fingerprint density at radius 1 is 1.41 bits per heavy atom. The molecule has 0 unspecified atom stereocenters. The lowest BCUT2D eigenvalue weighted by atomic mass is 9.93. The molecule has 1 aliphatic carbocycles. The van der Waals surface area contributed by atoms with Crippen molar-refractivity contribution in [3.63, 3.8) is 0 Å². The Morgan fingerprint density at radius 2 is 2.18 bits per heavy atom. The van der Waals surface area contributed by atoms with Gasteiger partial charge in [0.05, 0.1) is 5.52 Å². The monoisotopic (exact) mass is 232 g/mol. The van der Waals surface area contributed by atoms with E-state index in [9.17, 15) is 4.39 Å². The number of benzene rings is 1. The first kappa shape index (κ1) is 10.8. The maximum Gasteiger partial charge on any atom is 0.147 e. The lowest BCUT2D eigenvalue weighted by Crippen LogP contribution is -2.24. The quantitative estimate of drug-likeness (QED) is 0.836. The molecule has 1 saturated carbocycles. The van der Waals surface area contributed by atoms with E-state index in [4.69, 9.17) is 0 Å². The van der Waals surface area contributed by atoms with Gasteiger partial charge in [-0.1, -0.05) is 12.1 Å². The Morgan fingerprint density at radius 3 is 2.82 bits per heavy atom. The summed E-state index contributed by atoms with van der Waals surface area (Å²) in [6.07, 6.45) is 2.39. The van der Waals surface area contributed by atoms with E-state index in [2.05, 4.69) is 10.3 Å². The Labute approximate surface area is 100 Å². The van der Waals surface area contributed by atoms with Crippen molar-refractivity contribution >= 4 is 10.9 Å². The SMILES string of the molecule is CNCC1(c2c(C)[nH]c3c(F)cccc23)CC1. The van der Waals surface area contributed by atoms with E-state index in [1.54, 1.807) is 6.07 Å². The summed E-state index contributed by atoms with van der Waals surface area (Å²) in [5.41, 5.74) is 3.30. The highest BCUT2D eigenvalue weighted by Gasteiger charge is 2.46. The topological polar surface area (TPSA) is 27.8 Å². The van der Waals surface area contributed by atoms with Crippen LogP contribution in [0.25, 0.3) is 10.9 Å². The number of aryl methyl sites for hydroxylation is 1. The van der Waals surface area contributed by atoms with E-state index in [-0.39, 0.29) is 11.2 Å². The van der Waals surface area contributed by atoms with Crippen LogP contribution in [0.5, 0.6) is 0 Å². The van der Waals surface area contributed by atoms with Gasteiger partial charge in [0.1, 0.15) is 5.82 Å². The molecule has 2 aromatic rings. The van der Waals surface area contributed by atoms with E-state index >= 15 is 0 Å². The number of H-pyrrole nitrogens is 1. The van der Waals surface area contributed by atoms with Crippen LogP contribution >= 0.6 is 0 Å². The van der Waals surface area contributed by atoms with Crippen molar-refractivity contribution in [3.05, 3.63) is 35.3 Å². The van der Waals surface area contributed by atoms with Gasteiger partial charge >= 0.3 is 0 Å². The molecule has 90 valence electrons. The van der Waals surface area contributed by atoms with Crippen molar-refractivity contribution in [1.29, 1.82) is 0 Å². The first-order valence-electron chi connectivity index (χ1n) is 6.10. The fourth-order valence-electron chi connectivity index (χ4n) is 3.00. The first-order chi connectivity index (χ1) is 8.18. The molecule has 1 aromatic heterocycles. The number of fused-ring (bicyclic) bond motifs is 1. The maximum absolute atomic E-state index is 13.7. The second-order valence-corrected chi connectivity index (χ2v) is 5.10. The van der Waals surface area contributed by atoms with Crippen LogP contribution in [-0.4, -0.2) is 18.6 Å². The van der Waals surface area contributed by atoms with Crippen molar-refractivity contribution in [2.45, 2.75) is 25.2 Å². The van der Waals surface area contributed by atoms with Gasteiger partial charge in [-0.25, -0.2) is 4.39 Å². The minimum atomic E-state index is -0.155. The van der Waals surface area contributed by atoms with E-state index in [1.807, 2.05) is 20.0 Å². The third kappa shape index (κ3) is 1.49. The minimum absolute atomic E-state index is 0.155. The van der Waals surface area contributed by atoms with E-state index in [0.29, 0.717) is 5.52 Å². The summed E-state index contributed by atoms with van der Waals surface area (Å²) in [6, 6.07) is 5.33. The highest BCUT2D eigenvalue weighted by Crippen LogP contribution is 2.51. The molecule has 0 aliphatic heterocycles. The molecule has 0 saturated heterocycles. The van der Waals surface area contributed by atoms with Crippen molar-refractivity contribution in [1.82, 2.24) is 10.3 Å². The number of aromatic amines is 1. The van der Waals surface area contributed by atoms with Crippen molar-refractivity contribution < 1.29 is 4.39 Å². The maximum atomic E-state index is 13.7. The predicted molar refractivity (Wildman–Crippen MR) is 67.8 cm³/mol. The highest BCUT2D eigenvalue weighted by molar-refractivity contribution is 5.86. The Bertz CT molecular complexity index is 567. The normalized spacial score (nSPS) is 17.6. The zero-order valence-electron chi connectivity index (χ0n) is 10.2. The van der Waals surface area contributed by atoms with Crippen LogP contribution in [0.15, 0.2) is 18.2 Å². The van der Waals surface area contributed by atoms with Crippen molar-refractivity contribution in [3.8, 4) is 0 Å². The molecule has 0 radical (unpaired) electrons. The summed E-state index contributed by atoms with van der Waals surface area (Å²) in [4.78, 5) is 3.20. The molecule has 17 heavy (non-hydrogen) atoms. The molecule has 1 heterocycles. The molecule has 0 spiro atoms. The van der Waals surface area contributed by atoms with E-state index < -0.39 is 0 Å². The molecule has 1 fully saturated rings. The highest BCUT2D eigenvalue weighted by atomic mass is 19.1. The van der Waals surface area contributed by atoms with Gasteiger partial charge in [-0.2, -0.15) is 0 Å². The zero-order valence-corrected chi connectivity index (χ0v) is 10.2. The average Bonchev–Trinajstić information content (AvgIpc) is 2.96. The van der Waals surface area contributed by atoms with Gasteiger partial charge < -0.3 is 10.3 Å². The number of para-hydroxylation sites is 1. The fraction of sp³-hybridized carbons (Fsp3) is 0.429. The molecular formula is C14H17FN2. The van der Waals surface area contributed by atoms with Gasteiger partial charge in [0.2, 0.25) is 0 Å². The third-order valence-corrected chi connectivity index (χ3v) is 3.87. The van der Waals surface area contributed by atoms with Gasteiger partial charge in [-0.05, 0) is 38.4 Å². The predicted octanol–water partition coefficient (Wildman–Crippen LogP) is 2.87. The lowest BCUT2D eigenvalue weighted by Gasteiger charge is -2.15. The number of rotatable bonds is 3. The zero-order chi connectivity index (χ0) is 12.0. The van der Waals surface area contributed by atoms with Gasteiger partial charge in [-0.3, -0.25) is 0 Å². The molecule has 3 rings (SSSR count). The Balaban J connectivity index is 2.23. The van der Waals surface area contributed by atoms with E-state index in [1.165, 1.54) is 24.5 Å². The van der Waals surface area contributed by atoms with Crippen LogP contribution in [0.4, 0.5) is 4.39 Å². The van der Waals surface area contributed by atoms with Gasteiger partial charge in [0.25, 0.3) is 0 Å². The van der Waals surface area contributed by atoms with Gasteiger partial charge in [0.15, 0.2) is 0 Å². The number of hydrogen-bond donors (Lipinski definition) is 2. The van der Waals surface area contributed by atoms with Crippen LogP contribution in [0, 0.1) is 12.7 Å². The molecule has 1 aliphatic rings. The number of aromatic nitrogens is 1.